The summed E-state index contributed by atoms with van der Waals surface area (Å²) in [5.74, 6) is 0.392. The molecule has 0 bridgehead atoms. The average Bonchev–Trinajstić information content (AvgIpc) is 2.14. The van der Waals surface area contributed by atoms with Crippen LogP contribution in [0.3, 0.4) is 0 Å². The van der Waals surface area contributed by atoms with Crippen LogP contribution in [-0.2, 0) is 5.75 Å². The van der Waals surface area contributed by atoms with Crippen LogP contribution in [0, 0.1) is 17.1 Å². The summed E-state index contributed by atoms with van der Waals surface area (Å²) in [7, 11) is 0. The van der Waals surface area contributed by atoms with Gasteiger partial charge in [0.1, 0.15) is 5.82 Å². The van der Waals surface area contributed by atoms with E-state index in [9.17, 15) is 4.39 Å². The first kappa shape index (κ1) is 12.1. The number of hydrogen-bond acceptors (Lipinski definition) is 2. The van der Waals surface area contributed by atoms with Crippen LogP contribution >= 0.6 is 11.8 Å². The maximum Gasteiger partial charge on any atom is 0.123 e. The number of rotatable bonds is 2. The summed E-state index contributed by atoms with van der Waals surface area (Å²) in [6.45, 7) is 6.30. The van der Waals surface area contributed by atoms with Gasteiger partial charge in [-0.05, 0) is 23.8 Å². The minimum Gasteiger partial charge on any atom is -0.207 e. The Labute approximate surface area is 94.3 Å². The second kappa shape index (κ2) is 4.67. The van der Waals surface area contributed by atoms with Crippen LogP contribution in [0.4, 0.5) is 4.39 Å². The van der Waals surface area contributed by atoms with E-state index in [0.717, 1.165) is 5.56 Å². The molecule has 0 aromatic heterocycles. The Bertz CT molecular complexity index is 388. The van der Waals surface area contributed by atoms with Crippen molar-refractivity contribution in [1.29, 1.82) is 5.26 Å². The molecule has 3 heteroatoms. The number of hydrogen-bond donors (Lipinski definition) is 0. The molecule has 0 N–H and O–H groups in total. The first-order valence-corrected chi connectivity index (χ1v) is 5.73. The van der Waals surface area contributed by atoms with Crippen LogP contribution in [0.1, 0.15) is 31.9 Å². The summed E-state index contributed by atoms with van der Waals surface area (Å²) in [6, 6.07) is 6.38. The van der Waals surface area contributed by atoms with Gasteiger partial charge in [-0.25, -0.2) is 4.39 Å². The van der Waals surface area contributed by atoms with E-state index in [1.807, 2.05) is 0 Å². The average molecular weight is 223 g/mol. The van der Waals surface area contributed by atoms with E-state index in [2.05, 4.69) is 26.8 Å². The lowest BCUT2D eigenvalue weighted by Crippen LogP contribution is -2.08. The molecule has 0 aliphatic rings. The lowest BCUT2D eigenvalue weighted by molar-refractivity contribution is 0.626. The van der Waals surface area contributed by atoms with Crippen molar-refractivity contribution in [3.8, 4) is 6.07 Å². The molecule has 0 heterocycles. The second-order valence-corrected chi connectivity index (χ2v) is 6.12. The highest BCUT2D eigenvalue weighted by Gasteiger charge is 2.12. The van der Waals surface area contributed by atoms with Gasteiger partial charge in [-0.1, -0.05) is 20.8 Å². The zero-order valence-corrected chi connectivity index (χ0v) is 9.99. The van der Waals surface area contributed by atoms with Crippen molar-refractivity contribution >= 4 is 11.8 Å². The molecule has 0 saturated carbocycles. The van der Waals surface area contributed by atoms with E-state index < -0.39 is 0 Å². The predicted octanol–water partition coefficient (Wildman–Crippen LogP) is 3.73. The van der Waals surface area contributed by atoms with E-state index in [1.54, 1.807) is 11.8 Å². The Morgan fingerprint density at radius 1 is 1.40 bits per heavy atom. The first-order chi connectivity index (χ1) is 6.92. The molecule has 0 atom stereocenters. The first-order valence-electron chi connectivity index (χ1n) is 4.75. The SMILES string of the molecule is CC(C)(C)SCc1cc(F)ccc1C#N. The molecule has 1 rings (SSSR count). The van der Waals surface area contributed by atoms with Gasteiger partial charge in [-0.15, -0.1) is 0 Å². The van der Waals surface area contributed by atoms with Crippen molar-refractivity contribution in [2.24, 2.45) is 0 Å². The van der Waals surface area contributed by atoms with Gasteiger partial charge in [-0.2, -0.15) is 17.0 Å². The molecule has 1 aromatic carbocycles. The lowest BCUT2D eigenvalue weighted by Gasteiger charge is -2.17. The van der Waals surface area contributed by atoms with E-state index in [1.165, 1.54) is 18.2 Å². The number of nitrogens with zero attached hydrogens (tertiary/aromatic N) is 1. The van der Waals surface area contributed by atoms with E-state index in [0.29, 0.717) is 11.3 Å². The van der Waals surface area contributed by atoms with Crippen molar-refractivity contribution in [3.63, 3.8) is 0 Å². The molecule has 15 heavy (non-hydrogen) atoms. The third kappa shape index (κ3) is 3.93. The van der Waals surface area contributed by atoms with Crippen LogP contribution < -0.4 is 0 Å². The molecule has 0 fully saturated rings. The van der Waals surface area contributed by atoms with Gasteiger partial charge in [0.2, 0.25) is 0 Å². The van der Waals surface area contributed by atoms with Crippen molar-refractivity contribution in [1.82, 2.24) is 0 Å². The molecule has 0 spiro atoms. The van der Waals surface area contributed by atoms with Gasteiger partial charge in [-0.3, -0.25) is 0 Å². The van der Waals surface area contributed by atoms with Gasteiger partial charge >= 0.3 is 0 Å². The smallest absolute Gasteiger partial charge is 0.123 e. The molecule has 80 valence electrons. The summed E-state index contributed by atoms with van der Waals surface area (Å²) >= 11 is 1.71. The molecule has 0 amide bonds. The zero-order valence-electron chi connectivity index (χ0n) is 9.17. The molecule has 0 unspecified atom stereocenters. The molecule has 0 aliphatic carbocycles. The standard InChI is InChI=1S/C12H14FNS/c1-12(2,3)15-8-10-6-11(13)5-4-9(10)7-14/h4-6H,8H2,1-3H3. The zero-order chi connectivity index (χ0) is 11.5. The Hall–Kier alpha value is -1.01. The fourth-order valence-corrected chi connectivity index (χ4v) is 1.91. The third-order valence-electron chi connectivity index (χ3n) is 1.85. The molecule has 1 nitrogen and oxygen atoms in total. The van der Waals surface area contributed by atoms with Gasteiger partial charge in [0, 0.05) is 10.5 Å². The largest absolute Gasteiger partial charge is 0.207 e. The van der Waals surface area contributed by atoms with Crippen LogP contribution in [0.5, 0.6) is 0 Å². The third-order valence-corrected chi connectivity index (χ3v) is 3.17. The fourth-order valence-electron chi connectivity index (χ4n) is 1.09. The maximum atomic E-state index is 13.0. The minimum atomic E-state index is -0.279. The van der Waals surface area contributed by atoms with Crippen LogP contribution in [-0.4, -0.2) is 4.75 Å². The Balaban J connectivity index is 2.85. The van der Waals surface area contributed by atoms with Gasteiger partial charge in [0.25, 0.3) is 0 Å². The van der Waals surface area contributed by atoms with Crippen molar-refractivity contribution in [3.05, 3.63) is 35.1 Å². The van der Waals surface area contributed by atoms with Crippen molar-refractivity contribution in [2.75, 3.05) is 0 Å². The Kier molecular flexibility index (Phi) is 3.76. The minimum absolute atomic E-state index is 0.124. The lowest BCUT2D eigenvalue weighted by atomic mass is 10.1. The van der Waals surface area contributed by atoms with E-state index in [4.69, 9.17) is 5.26 Å². The van der Waals surface area contributed by atoms with E-state index >= 15 is 0 Å². The summed E-state index contributed by atoms with van der Waals surface area (Å²) in [5, 5.41) is 8.86. The fraction of sp³-hybridized carbons (Fsp3) is 0.417. The topological polar surface area (TPSA) is 23.8 Å². The van der Waals surface area contributed by atoms with Crippen LogP contribution in [0.15, 0.2) is 18.2 Å². The molecule has 0 aliphatic heterocycles. The van der Waals surface area contributed by atoms with Gasteiger partial charge < -0.3 is 0 Å². The monoisotopic (exact) mass is 223 g/mol. The number of nitriles is 1. The van der Waals surface area contributed by atoms with Gasteiger partial charge in [0.15, 0.2) is 0 Å². The highest BCUT2D eigenvalue weighted by Crippen LogP contribution is 2.28. The molecule has 0 saturated heterocycles. The molecule has 0 radical (unpaired) electrons. The van der Waals surface area contributed by atoms with Gasteiger partial charge in [0.05, 0.1) is 11.6 Å². The number of thioether (sulfide) groups is 1. The van der Waals surface area contributed by atoms with E-state index in [-0.39, 0.29) is 10.6 Å². The van der Waals surface area contributed by atoms with Crippen molar-refractivity contribution < 1.29 is 4.39 Å². The molecular weight excluding hydrogens is 209 g/mol. The molecular formula is C12H14FNS. The number of benzene rings is 1. The second-order valence-electron chi connectivity index (χ2n) is 4.31. The predicted molar refractivity (Wildman–Crippen MR) is 62.2 cm³/mol. The number of halogens is 1. The summed E-state index contributed by atoms with van der Waals surface area (Å²) in [6.07, 6.45) is 0. The summed E-state index contributed by atoms with van der Waals surface area (Å²) in [4.78, 5) is 0. The quantitative estimate of drug-likeness (QED) is 0.762. The highest BCUT2D eigenvalue weighted by atomic mass is 32.2. The van der Waals surface area contributed by atoms with Crippen LogP contribution in [0.25, 0.3) is 0 Å². The molecule has 1 aromatic rings. The van der Waals surface area contributed by atoms with Crippen LogP contribution in [0.2, 0.25) is 0 Å². The summed E-state index contributed by atoms with van der Waals surface area (Å²) < 4.78 is 13.1. The summed E-state index contributed by atoms with van der Waals surface area (Å²) in [5.41, 5.74) is 1.34. The normalized spacial score (nSPS) is 11.1. The highest BCUT2D eigenvalue weighted by molar-refractivity contribution is 7.99. The Morgan fingerprint density at radius 3 is 2.60 bits per heavy atom. The maximum absolute atomic E-state index is 13.0. The van der Waals surface area contributed by atoms with Crippen molar-refractivity contribution in [2.45, 2.75) is 31.3 Å². The Morgan fingerprint density at radius 2 is 2.07 bits per heavy atom.